The fourth-order valence-corrected chi connectivity index (χ4v) is 2.86. The summed E-state index contributed by atoms with van der Waals surface area (Å²) in [6.45, 7) is 0. The summed E-state index contributed by atoms with van der Waals surface area (Å²) in [5, 5.41) is 2.54. The van der Waals surface area contributed by atoms with Gasteiger partial charge in [-0.05, 0) is 30.3 Å². The lowest BCUT2D eigenvalue weighted by molar-refractivity contribution is 1.18. The van der Waals surface area contributed by atoms with Crippen molar-refractivity contribution >= 4 is 27.5 Å². The van der Waals surface area contributed by atoms with Gasteiger partial charge in [-0.2, -0.15) is 0 Å². The molecular formula is C18H14N2. The van der Waals surface area contributed by atoms with Gasteiger partial charge < -0.3 is 10.3 Å². The molecule has 1 aromatic heterocycles. The topological polar surface area (TPSA) is 30.9 Å². The van der Waals surface area contributed by atoms with Gasteiger partial charge in [0, 0.05) is 22.1 Å². The SMILES string of the molecule is Nc1cccc(-n2c3ccccc3c3ccccc32)c1. The summed E-state index contributed by atoms with van der Waals surface area (Å²) in [6.07, 6.45) is 0. The lowest BCUT2D eigenvalue weighted by Crippen LogP contribution is -1.95. The Morgan fingerprint density at radius 3 is 1.85 bits per heavy atom. The van der Waals surface area contributed by atoms with E-state index in [0.717, 1.165) is 11.4 Å². The number of nitrogen functional groups attached to an aromatic ring is 1. The van der Waals surface area contributed by atoms with Crippen LogP contribution in [0.5, 0.6) is 0 Å². The summed E-state index contributed by atoms with van der Waals surface area (Å²) in [5.41, 5.74) is 10.2. The summed E-state index contributed by atoms with van der Waals surface area (Å²) >= 11 is 0. The van der Waals surface area contributed by atoms with Crippen molar-refractivity contribution in [3.8, 4) is 5.69 Å². The molecule has 4 rings (SSSR count). The van der Waals surface area contributed by atoms with E-state index in [0.29, 0.717) is 0 Å². The minimum atomic E-state index is 0.782. The maximum Gasteiger partial charge on any atom is 0.0541 e. The van der Waals surface area contributed by atoms with E-state index in [9.17, 15) is 0 Å². The van der Waals surface area contributed by atoms with Crippen molar-refractivity contribution in [3.05, 3.63) is 72.8 Å². The fraction of sp³-hybridized carbons (Fsp3) is 0. The molecule has 0 aliphatic carbocycles. The van der Waals surface area contributed by atoms with Crippen LogP contribution in [-0.2, 0) is 0 Å². The molecule has 0 amide bonds. The zero-order chi connectivity index (χ0) is 13.5. The first kappa shape index (κ1) is 11.1. The number of aromatic nitrogens is 1. The second kappa shape index (κ2) is 4.14. The highest BCUT2D eigenvalue weighted by molar-refractivity contribution is 6.09. The largest absolute Gasteiger partial charge is 0.399 e. The van der Waals surface area contributed by atoms with Crippen molar-refractivity contribution < 1.29 is 0 Å². The van der Waals surface area contributed by atoms with Gasteiger partial charge in [-0.1, -0.05) is 42.5 Å². The van der Waals surface area contributed by atoms with E-state index in [1.807, 2.05) is 18.2 Å². The first-order valence-corrected chi connectivity index (χ1v) is 6.69. The van der Waals surface area contributed by atoms with Crippen molar-refractivity contribution in [2.75, 3.05) is 5.73 Å². The quantitative estimate of drug-likeness (QED) is 0.505. The number of hydrogen-bond donors (Lipinski definition) is 1. The molecule has 3 aromatic carbocycles. The average Bonchev–Trinajstić information content (AvgIpc) is 2.82. The Morgan fingerprint density at radius 1 is 0.650 bits per heavy atom. The molecular weight excluding hydrogens is 244 g/mol. The number of nitrogens with two attached hydrogens (primary N) is 1. The fourth-order valence-electron chi connectivity index (χ4n) is 2.86. The molecule has 4 aromatic rings. The van der Waals surface area contributed by atoms with E-state index in [-0.39, 0.29) is 0 Å². The van der Waals surface area contributed by atoms with Gasteiger partial charge in [-0.3, -0.25) is 0 Å². The minimum Gasteiger partial charge on any atom is -0.399 e. The van der Waals surface area contributed by atoms with Gasteiger partial charge >= 0.3 is 0 Å². The normalized spacial score (nSPS) is 11.2. The molecule has 0 aliphatic rings. The molecule has 96 valence electrons. The molecule has 0 fully saturated rings. The van der Waals surface area contributed by atoms with E-state index in [1.165, 1.54) is 21.8 Å². The van der Waals surface area contributed by atoms with Crippen molar-refractivity contribution in [2.24, 2.45) is 0 Å². The summed E-state index contributed by atoms with van der Waals surface area (Å²) in [4.78, 5) is 0. The lowest BCUT2D eigenvalue weighted by atomic mass is 10.2. The predicted molar refractivity (Wildman–Crippen MR) is 85.2 cm³/mol. The average molecular weight is 258 g/mol. The Kier molecular flexibility index (Phi) is 2.30. The van der Waals surface area contributed by atoms with Crippen molar-refractivity contribution in [1.29, 1.82) is 0 Å². The summed E-state index contributed by atoms with van der Waals surface area (Å²) < 4.78 is 2.26. The molecule has 0 aliphatic heterocycles. The maximum absolute atomic E-state index is 5.94. The van der Waals surface area contributed by atoms with Crippen LogP contribution in [0.2, 0.25) is 0 Å². The summed E-state index contributed by atoms with van der Waals surface area (Å²) in [6, 6.07) is 25.0. The van der Waals surface area contributed by atoms with Crippen LogP contribution < -0.4 is 5.73 Å². The zero-order valence-corrected chi connectivity index (χ0v) is 11.0. The molecule has 0 bridgehead atoms. The highest BCUT2D eigenvalue weighted by atomic mass is 15.0. The Hall–Kier alpha value is -2.74. The number of rotatable bonds is 1. The van der Waals surface area contributed by atoms with E-state index in [2.05, 4.69) is 59.2 Å². The van der Waals surface area contributed by atoms with Gasteiger partial charge in [-0.25, -0.2) is 0 Å². The monoisotopic (exact) mass is 258 g/mol. The molecule has 0 saturated carbocycles. The number of fused-ring (bicyclic) bond motifs is 3. The van der Waals surface area contributed by atoms with Gasteiger partial charge in [-0.15, -0.1) is 0 Å². The second-order valence-corrected chi connectivity index (χ2v) is 4.96. The molecule has 1 heterocycles. The summed E-state index contributed by atoms with van der Waals surface area (Å²) in [7, 11) is 0. The van der Waals surface area contributed by atoms with E-state index in [4.69, 9.17) is 5.73 Å². The Morgan fingerprint density at radius 2 is 1.25 bits per heavy atom. The zero-order valence-electron chi connectivity index (χ0n) is 11.0. The van der Waals surface area contributed by atoms with Crippen LogP contribution in [0.3, 0.4) is 0 Å². The molecule has 0 atom stereocenters. The molecule has 0 spiro atoms. The Balaban J connectivity index is 2.21. The van der Waals surface area contributed by atoms with E-state index < -0.39 is 0 Å². The standard InChI is InChI=1S/C18H14N2/c19-13-6-5-7-14(12-13)20-17-10-3-1-8-15(17)16-9-2-4-11-18(16)20/h1-12H,19H2. The molecule has 2 nitrogen and oxygen atoms in total. The number of nitrogens with zero attached hydrogens (tertiary/aromatic N) is 1. The number of hydrogen-bond acceptors (Lipinski definition) is 1. The van der Waals surface area contributed by atoms with Crippen LogP contribution in [0, 0.1) is 0 Å². The molecule has 2 N–H and O–H groups in total. The highest BCUT2D eigenvalue weighted by Gasteiger charge is 2.10. The predicted octanol–water partition coefficient (Wildman–Crippen LogP) is 4.37. The number of benzene rings is 3. The molecule has 0 saturated heterocycles. The van der Waals surface area contributed by atoms with Crippen LogP contribution in [0.4, 0.5) is 5.69 Å². The molecule has 2 heteroatoms. The van der Waals surface area contributed by atoms with E-state index in [1.54, 1.807) is 0 Å². The van der Waals surface area contributed by atoms with Gasteiger partial charge in [0.05, 0.1) is 11.0 Å². The van der Waals surface area contributed by atoms with Crippen LogP contribution in [0.1, 0.15) is 0 Å². The van der Waals surface area contributed by atoms with Crippen LogP contribution in [-0.4, -0.2) is 4.57 Å². The molecule has 0 unspecified atom stereocenters. The van der Waals surface area contributed by atoms with Crippen LogP contribution >= 0.6 is 0 Å². The Bertz CT molecular complexity index is 866. The third-order valence-electron chi connectivity index (χ3n) is 3.71. The first-order valence-electron chi connectivity index (χ1n) is 6.69. The van der Waals surface area contributed by atoms with Crippen molar-refractivity contribution in [1.82, 2.24) is 4.57 Å². The number of para-hydroxylation sites is 2. The van der Waals surface area contributed by atoms with E-state index >= 15 is 0 Å². The van der Waals surface area contributed by atoms with Gasteiger partial charge in [0.15, 0.2) is 0 Å². The third kappa shape index (κ3) is 1.51. The smallest absolute Gasteiger partial charge is 0.0541 e. The Labute approximate surface area is 117 Å². The number of anilines is 1. The van der Waals surface area contributed by atoms with Gasteiger partial charge in [0.1, 0.15) is 0 Å². The molecule has 0 radical (unpaired) electrons. The highest BCUT2D eigenvalue weighted by Crippen LogP contribution is 2.31. The maximum atomic E-state index is 5.94. The van der Waals surface area contributed by atoms with Crippen LogP contribution in [0.15, 0.2) is 72.8 Å². The molecule has 20 heavy (non-hydrogen) atoms. The second-order valence-electron chi connectivity index (χ2n) is 4.96. The summed E-state index contributed by atoms with van der Waals surface area (Å²) in [5.74, 6) is 0. The minimum absolute atomic E-state index is 0.782. The van der Waals surface area contributed by atoms with Gasteiger partial charge in [0.25, 0.3) is 0 Å². The van der Waals surface area contributed by atoms with Gasteiger partial charge in [0.2, 0.25) is 0 Å². The lowest BCUT2D eigenvalue weighted by Gasteiger charge is -2.08. The van der Waals surface area contributed by atoms with Crippen molar-refractivity contribution in [2.45, 2.75) is 0 Å². The first-order chi connectivity index (χ1) is 9.84. The van der Waals surface area contributed by atoms with Crippen molar-refractivity contribution in [3.63, 3.8) is 0 Å². The third-order valence-corrected chi connectivity index (χ3v) is 3.71. The van der Waals surface area contributed by atoms with Crippen LogP contribution in [0.25, 0.3) is 27.5 Å².